The zero-order valence-electron chi connectivity index (χ0n) is 13.1. The van der Waals surface area contributed by atoms with Gasteiger partial charge in [0.15, 0.2) is 0 Å². The number of carbonyl (C=O) groups is 1. The van der Waals surface area contributed by atoms with Gasteiger partial charge in [-0.15, -0.1) is 0 Å². The second-order valence-electron chi connectivity index (χ2n) is 5.35. The third-order valence-electron chi connectivity index (χ3n) is 3.61. The number of benzene rings is 3. The lowest BCUT2D eigenvalue weighted by atomic mass is 10.1. The van der Waals surface area contributed by atoms with Crippen LogP contribution in [-0.4, -0.2) is 20.9 Å². The van der Waals surface area contributed by atoms with E-state index in [4.69, 9.17) is 0 Å². The first-order valence-corrected chi connectivity index (χ1v) is 9.76. The minimum absolute atomic E-state index is 0.105. The monoisotopic (exact) mass is 418 g/mol. The summed E-state index contributed by atoms with van der Waals surface area (Å²) < 4.78 is 27.5. The number of rotatable bonds is 5. The van der Waals surface area contributed by atoms with Crippen LogP contribution in [0.15, 0.2) is 76.1 Å². The Balaban J connectivity index is 1.69. The third kappa shape index (κ3) is 4.25. The van der Waals surface area contributed by atoms with Crippen molar-refractivity contribution in [2.24, 2.45) is 0 Å². The predicted molar refractivity (Wildman–Crippen MR) is 102 cm³/mol. The standard InChI is InChI=1S/C18H15BrN2O3S/c19-14-8-10-15(11-9-14)25(23,24)20-12-18(22)21-17-7-3-5-13-4-1-2-6-16(13)17/h1-11,20H,12H2,(H,21,22). The number of sulfonamides is 1. The summed E-state index contributed by atoms with van der Waals surface area (Å²) in [7, 11) is -3.74. The zero-order valence-corrected chi connectivity index (χ0v) is 15.5. The van der Waals surface area contributed by atoms with Gasteiger partial charge in [0.2, 0.25) is 15.9 Å². The van der Waals surface area contributed by atoms with Crippen molar-refractivity contribution in [2.75, 3.05) is 11.9 Å². The normalized spacial score (nSPS) is 11.4. The Hall–Kier alpha value is -2.22. The van der Waals surface area contributed by atoms with Crippen molar-refractivity contribution in [3.8, 4) is 0 Å². The molecule has 0 saturated carbocycles. The van der Waals surface area contributed by atoms with Gasteiger partial charge in [0.05, 0.1) is 11.4 Å². The molecule has 0 fully saturated rings. The Labute approximate surface area is 154 Å². The van der Waals surface area contributed by atoms with Gasteiger partial charge >= 0.3 is 0 Å². The van der Waals surface area contributed by atoms with Crippen LogP contribution in [-0.2, 0) is 14.8 Å². The van der Waals surface area contributed by atoms with Gasteiger partial charge in [-0.3, -0.25) is 4.79 Å². The summed E-state index contributed by atoms with van der Waals surface area (Å²) in [6.07, 6.45) is 0. The van der Waals surface area contributed by atoms with Crippen LogP contribution < -0.4 is 10.0 Å². The molecular weight excluding hydrogens is 404 g/mol. The average Bonchev–Trinajstić information content (AvgIpc) is 2.61. The van der Waals surface area contributed by atoms with Crippen molar-refractivity contribution in [1.29, 1.82) is 0 Å². The Kier molecular flexibility index (Phi) is 5.17. The molecule has 7 heteroatoms. The van der Waals surface area contributed by atoms with E-state index in [1.165, 1.54) is 12.1 Å². The first-order valence-electron chi connectivity index (χ1n) is 7.48. The minimum atomic E-state index is -3.74. The van der Waals surface area contributed by atoms with E-state index in [1.54, 1.807) is 18.2 Å². The Morgan fingerprint density at radius 3 is 2.36 bits per heavy atom. The quantitative estimate of drug-likeness (QED) is 0.665. The Morgan fingerprint density at radius 1 is 0.920 bits per heavy atom. The number of anilines is 1. The molecule has 25 heavy (non-hydrogen) atoms. The van der Waals surface area contributed by atoms with Crippen LogP contribution in [0.4, 0.5) is 5.69 Å². The lowest BCUT2D eigenvalue weighted by Gasteiger charge is -2.10. The van der Waals surface area contributed by atoms with E-state index >= 15 is 0 Å². The van der Waals surface area contributed by atoms with Gasteiger partial charge in [-0.05, 0) is 35.7 Å². The largest absolute Gasteiger partial charge is 0.324 e. The van der Waals surface area contributed by atoms with E-state index in [1.807, 2.05) is 36.4 Å². The molecule has 0 bridgehead atoms. The molecule has 3 rings (SSSR count). The SMILES string of the molecule is O=C(CNS(=O)(=O)c1ccc(Br)cc1)Nc1cccc2ccccc12. The van der Waals surface area contributed by atoms with Crippen molar-refractivity contribution in [2.45, 2.75) is 4.90 Å². The van der Waals surface area contributed by atoms with Gasteiger partial charge in [0, 0.05) is 15.5 Å². The van der Waals surface area contributed by atoms with Crippen LogP contribution in [0.2, 0.25) is 0 Å². The van der Waals surface area contributed by atoms with E-state index in [0.29, 0.717) is 5.69 Å². The molecule has 0 aliphatic carbocycles. The third-order valence-corrected chi connectivity index (χ3v) is 5.56. The van der Waals surface area contributed by atoms with Crippen molar-refractivity contribution in [1.82, 2.24) is 4.72 Å². The maximum atomic E-state index is 12.2. The van der Waals surface area contributed by atoms with Crippen LogP contribution in [0.5, 0.6) is 0 Å². The smallest absolute Gasteiger partial charge is 0.241 e. The highest BCUT2D eigenvalue weighted by Crippen LogP contribution is 2.22. The summed E-state index contributed by atoms with van der Waals surface area (Å²) in [5, 5.41) is 4.64. The summed E-state index contributed by atoms with van der Waals surface area (Å²) in [5.74, 6) is -0.433. The summed E-state index contributed by atoms with van der Waals surface area (Å²) in [5.41, 5.74) is 0.644. The Bertz CT molecular complexity index is 1010. The van der Waals surface area contributed by atoms with Crippen molar-refractivity contribution >= 4 is 48.3 Å². The lowest BCUT2D eigenvalue weighted by molar-refractivity contribution is -0.115. The van der Waals surface area contributed by atoms with Crippen LogP contribution in [0.3, 0.4) is 0 Å². The van der Waals surface area contributed by atoms with Crippen molar-refractivity contribution < 1.29 is 13.2 Å². The number of amides is 1. The highest BCUT2D eigenvalue weighted by Gasteiger charge is 2.15. The number of carbonyl (C=O) groups excluding carboxylic acids is 1. The van der Waals surface area contributed by atoms with E-state index in [0.717, 1.165) is 15.2 Å². The van der Waals surface area contributed by atoms with Gasteiger partial charge in [0.1, 0.15) is 0 Å². The van der Waals surface area contributed by atoms with Gasteiger partial charge < -0.3 is 5.32 Å². The number of fused-ring (bicyclic) bond motifs is 1. The topological polar surface area (TPSA) is 75.3 Å². The predicted octanol–water partition coefficient (Wildman–Crippen LogP) is 3.52. The number of hydrogen-bond acceptors (Lipinski definition) is 3. The second kappa shape index (κ2) is 7.35. The molecule has 0 heterocycles. The molecule has 5 nitrogen and oxygen atoms in total. The number of halogens is 1. The maximum absolute atomic E-state index is 12.2. The van der Waals surface area contributed by atoms with Gasteiger partial charge in [0.25, 0.3) is 0 Å². The molecule has 0 aliphatic rings. The molecule has 0 aliphatic heterocycles. The molecule has 3 aromatic rings. The number of hydrogen-bond donors (Lipinski definition) is 2. The van der Waals surface area contributed by atoms with Gasteiger partial charge in [-0.2, -0.15) is 0 Å². The molecule has 1 amide bonds. The van der Waals surface area contributed by atoms with Crippen LogP contribution in [0.25, 0.3) is 10.8 Å². The van der Waals surface area contributed by atoms with E-state index in [9.17, 15) is 13.2 Å². The molecule has 3 aromatic carbocycles. The highest BCUT2D eigenvalue weighted by molar-refractivity contribution is 9.10. The molecule has 0 spiro atoms. The fourth-order valence-corrected chi connectivity index (χ4v) is 3.63. The molecule has 0 aromatic heterocycles. The maximum Gasteiger partial charge on any atom is 0.241 e. The van der Waals surface area contributed by atoms with E-state index in [-0.39, 0.29) is 11.4 Å². The second-order valence-corrected chi connectivity index (χ2v) is 8.04. The number of nitrogens with one attached hydrogen (secondary N) is 2. The van der Waals surface area contributed by atoms with E-state index < -0.39 is 15.9 Å². The first kappa shape index (κ1) is 17.6. The fraction of sp³-hybridized carbons (Fsp3) is 0.0556. The summed E-state index contributed by atoms with van der Waals surface area (Å²) in [4.78, 5) is 12.2. The molecular formula is C18H15BrN2O3S. The summed E-state index contributed by atoms with van der Waals surface area (Å²) >= 11 is 3.25. The van der Waals surface area contributed by atoms with Gasteiger partial charge in [-0.25, -0.2) is 13.1 Å². The van der Waals surface area contributed by atoms with Crippen molar-refractivity contribution in [3.05, 3.63) is 71.2 Å². The Morgan fingerprint density at radius 2 is 1.60 bits per heavy atom. The van der Waals surface area contributed by atoms with Gasteiger partial charge in [-0.1, -0.05) is 52.3 Å². The summed E-state index contributed by atoms with van der Waals surface area (Å²) in [6, 6.07) is 19.4. The lowest BCUT2D eigenvalue weighted by Crippen LogP contribution is -2.32. The van der Waals surface area contributed by atoms with Crippen LogP contribution in [0, 0.1) is 0 Å². The van der Waals surface area contributed by atoms with Crippen molar-refractivity contribution in [3.63, 3.8) is 0 Å². The van der Waals surface area contributed by atoms with E-state index in [2.05, 4.69) is 26.0 Å². The molecule has 0 atom stereocenters. The molecule has 0 saturated heterocycles. The summed E-state index contributed by atoms with van der Waals surface area (Å²) in [6.45, 7) is -0.346. The molecule has 0 radical (unpaired) electrons. The molecule has 2 N–H and O–H groups in total. The average molecular weight is 419 g/mol. The minimum Gasteiger partial charge on any atom is -0.324 e. The highest BCUT2D eigenvalue weighted by atomic mass is 79.9. The molecule has 128 valence electrons. The van der Waals surface area contributed by atoms with Crippen LogP contribution in [0.1, 0.15) is 0 Å². The van der Waals surface area contributed by atoms with Crippen LogP contribution >= 0.6 is 15.9 Å². The zero-order chi connectivity index (χ0) is 17.9. The molecule has 0 unspecified atom stereocenters. The first-order chi connectivity index (χ1) is 12.0. The fourth-order valence-electron chi connectivity index (χ4n) is 2.39.